The third-order valence-corrected chi connectivity index (χ3v) is 6.29. The molecule has 192 valence electrons. The lowest BCUT2D eigenvalue weighted by Gasteiger charge is -2.28. The van der Waals surface area contributed by atoms with Crippen LogP contribution >= 0.6 is 11.8 Å². The first-order chi connectivity index (χ1) is 17.5. The Labute approximate surface area is 214 Å². The second-order valence-corrected chi connectivity index (χ2v) is 9.58. The van der Waals surface area contributed by atoms with Crippen molar-refractivity contribution in [2.45, 2.75) is 36.3 Å². The third kappa shape index (κ3) is 5.82. The summed E-state index contributed by atoms with van der Waals surface area (Å²) in [6.45, 7) is 3.10. The molecule has 0 spiro atoms. The minimum Gasteiger partial charge on any atom is -0.306 e. The number of alkyl halides is 3. The molecule has 2 aromatic heterocycles. The second-order valence-electron chi connectivity index (χ2n) is 8.44. The molecule has 1 aliphatic rings. The number of amides is 5. The van der Waals surface area contributed by atoms with Crippen molar-refractivity contribution in [1.82, 2.24) is 14.9 Å². The number of rotatable bonds is 6. The lowest BCUT2D eigenvalue weighted by Crippen LogP contribution is -2.43. The van der Waals surface area contributed by atoms with E-state index in [1.807, 2.05) is 0 Å². The van der Waals surface area contributed by atoms with Crippen LogP contribution in [0.1, 0.15) is 19.4 Å². The van der Waals surface area contributed by atoms with Crippen LogP contribution in [0.4, 0.5) is 40.0 Å². The standard InChI is InChI=1S/C24H21F3N6O3S/c1-23(2)20(34)33(16-6-8-17(9-7-16)37-24(25,26)27)22(36)32(23)14-15-10-12-28-13-18(15)30-21(35)31-19-5-3-4-11-29-19/h3-13H,14H2,1-2H3,(H2,29,30,31,35). The largest absolute Gasteiger partial charge is 0.446 e. The van der Waals surface area contributed by atoms with Crippen LogP contribution in [0.2, 0.25) is 0 Å². The summed E-state index contributed by atoms with van der Waals surface area (Å²) in [6.07, 6.45) is 4.43. The fourth-order valence-electron chi connectivity index (χ4n) is 3.68. The minimum absolute atomic E-state index is 0.0438. The zero-order valence-corrected chi connectivity index (χ0v) is 20.4. The molecule has 2 N–H and O–H groups in total. The van der Waals surface area contributed by atoms with E-state index in [2.05, 4.69) is 20.6 Å². The number of carbonyl (C=O) groups excluding carboxylic acids is 3. The summed E-state index contributed by atoms with van der Waals surface area (Å²) in [6, 6.07) is 10.4. The number of urea groups is 2. The summed E-state index contributed by atoms with van der Waals surface area (Å²) in [5.74, 6) is -0.202. The molecular weight excluding hydrogens is 509 g/mol. The Morgan fingerprint density at radius 1 is 1.03 bits per heavy atom. The second kappa shape index (κ2) is 10.1. The Morgan fingerprint density at radius 3 is 2.41 bits per heavy atom. The number of carbonyl (C=O) groups is 3. The van der Waals surface area contributed by atoms with E-state index in [4.69, 9.17) is 0 Å². The van der Waals surface area contributed by atoms with Crippen molar-refractivity contribution in [1.29, 1.82) is 0 Å². The van der Waals surface area contributed by atoms with Gasteiger partial charge < -0.3 is 10.2 Å². The van der Waals surface area contributed by atoms with Crippen molar-refractivity contribution < 1.29 is 27.6 Å². The molecular formula is C24H21F3N6O3S. The Morgan fingerprint density at radius 2 is 1.76 bits per heavy atom. The molecule has 1 saturated heterocycles. The first kappa shape index (κ1) is 25.9. The maximum absolute atomic E-state index is 13.3. The van der Waals surface area contributed by atoms with Crippen molar-refractivity contribution in [2.24, 2.45) is 0 Å². The molecule has 0 radical (unpaired) electrons. The zero-order chi connectivity index (χ0) is 26.8. The molecule has 5 amide bonds. The van der Waals surface area contributed by atoms with Gasteiger partial charge in [0.05, 0.1) is 24.1 Å². The van der Waals surface area contributed by atoms with E-state index in [0.29, 0.717) is 17.1 Å². The summed E-state index contributed by atoms with van der Waals surface area (Å²) in [5.41, 5.74) is -4.74. The molecule has 37 heavy (non-hydrogen) atoms. The normalized spacial score (nSPS) is 15.2. The number of nitrogens with one attached hydrogen (secondary N) is 2. The smallest absolute Gasteiger partial charge is 0.306 e. The predicted molar refractivity (Wildman–Crippen MR) is 132 cm³/mol. The van der Waals surface area contributed by atoms with Gasteiger partial charge >= 0.3 is 17.6 Å². The highest BCUT2D eigenvalue weighted by Crippen LogP contribution is 2.39. The zero-order valence-electron chi connectivity index (χ0n) is 19.6. The van der Waals surface area contributed by atoms with Gasteiger partial charge in [0.1, 0.15) is 11.4 Å². The number of anilines is 3. The Hall–Kier alpha value is -4.13. The average Bonchev–Trinajstić information content (AvgIpc) is 3.00. The molecule has 0 atom stereocenters. The topological polar surface area (TPSA) is 108 Å². The van der Waals surface area contributed by atoms with E-state index in [1.165, 1.54) is 47.8 Å². The molecule has 4 rings (SSSR count). The van der Waals surface area contributed by atoms with Crippen molar-refractivity contribution in [3.63, 3.8) is 0 Å². The summed E-state index contributed by atoms with van der Waals surface area (Å²) in [7, 11) is 0. The Bertz CT molecular complexity index is 1320. The number of pyridine rings is 2. The number of hydrogen-bond acceptors (Lipinski definition) is 6. The third-order valence-electron chi connectivity index (χ3n) is 5.55. The van der Waals surface area contributed by atoms with Crippen LogP contribution in [0.25, 0.3) is 0 Å². The first-order valence-electron chi connectivity index (χ1n) is 10.9. The van der Waals surface area contributed by atoms with E-state index >= 15 is 0 Å². The van der Waals surface area contributed by atoms with Gasteiger partial charge in [-0.25, -0.2) is 19.5 Å². The minimum atomic E-state index is -4.45. The molecule has 0 bridgehead atoms. The van der Waals surface area contributed by atoms with Crippen LogP contribution in [0.5, 0.6) is 0 Å². The van der Waals surface area contributed by atoms with Gasteiger partial charge in [-0.2, -0.15) is 13.2 Å². The van der Waals surface area contributed by atoms with Gasteiger partial charge in [-0.3, -0.25) is 15.1 Å². The summed E-state index contributed by atoms with van der Waals surface area (Å²) < 4.78 is 37.9. The van der Waals surface area contributed by atoms with Gasteiger partial charge in [0.25, 0.3) is 5.91 Å². The number of benzene rings is 1. The molecule has 3 heterocycles. The van der Waals surface area contributed by atoms with Crippen LogP contribution < -0.4 is 15.5 Å². The molecule has 1 aliphatic heterocycles. The van der Waals surface area contributed by atoms with Gasteiger partial charge in [-0.05, 0) is 73.6 Å². The van der Waals surface area contributed by atoms with Crippen molar-refractivity contribution in [3.8, 4) is 0 Å². The number of halogens is 3. The Kier molecular flexibility index (Phi) is 7.07. The average molecular weight is 531 g/mol. The molecule has 1 fully saturated rings. The van der Waals surface area contributed by atoms with Crippen LogP contribution in [0.3, 0.4) is 0 Å². The maximum Gasteiger partial charge on any atom is 0.446 e. The molecule has 0 unspecified atom stereocenters. The molecule has 9 nitrogen and oxygen atoms in total. The van der Waals surface area contributed by atoms with Gasteiger partial charge in [-0.1, -0.05) is 6.07 Å². The van der Waals surface area contributed by atoms with Crippen LogP contribution in [0, 0.1) is 0 Å². The van der Waals surface area contributed by atoms with Crippen molar-refractivity contribution >= 4 is 46.9 Å². The van der Waals surface area contributed by atoms with Gasteiger partial charge in [-0.15, -0.1) is 0 Å². The number of thioether (sulfide) groups is 1. The molecule has 3 aromatic rings. The number of nitrogens with zero attached hydrogens (tertiary/aromatic N) is 4. The van der Waals surface area contributed by atoms with E-state index in [9.17, 15) is 27.6 Å². The quantitative estimate of drug-likeness (QED) is 0.323. The molecule has 13 heteroatoms. The molecule has 0 aliphatic carbocycles. The fourth-order valence-corrected chi connectivity index (χ4v) is 4.22. The van der Waals surface area contributed by atoms with E-state index < -0.39 is 29.0 Å². The van der Waals surface area contributed by atoms with Gasteiger partial charge in [0.2, 0.25) is 0 Å². The highest BCUT2D eigenvalue weighted by Gasteiger charge is 2.51. The lowest BCUT2D eigenvalue weighted by molar-refractivity contribution is -0.123. The van der Waals surface area contributed by atoms with Crippen LogP contribution in [0.15, 0.2) is 72.0 Å². The highest BCUT2D eigenvalue weighted by atomic mass is 32.2. The van der Waals surface area contributed by atoms with E-state index in [0.717, 1.165) is 4.90 Å². The predicted octanol–water partition coefficient (Wildman–Crippen LogP) is 5.48. The van der Waals surface area contributed by atoms with Crippen molar-refractivity contribution in [2.75, 3.05) is 15.5 Å². The van der Waals surface area contributed by atoms with E-state index in [1.54, 1.807) is 38.1 Å². The number of aromatic nitrogens is 2. The van der Waals surface area contributed by atoms with Crippen LogP contribution in [-0.2, 0) is 11.3 Å². The fraction of sp³-hybridized carbons (Fsp3) is 0.208. The Balaban J connectivity index is 1.53. The van der Waals surface area contributed by atoms with Crippen LogP contribution in [-0.4, -0.2) is 43.9 Å². The number of hydrogen-bond donors (Lipinski definition) is 2. The summed E-state index contributed by atoms with van der Waals surface area (Å²) in [5, 5.41) is 5.26. The van der Waals surface area contributed by atoms with E-state index in [-0.39, 0.29) is 28.9 Å². The molecule has 0 saturated carbocycles. The monoisotopic (exact) mass is 530 g/mol. The van der Waals surface area contributed by atoms with Gasteiger partial charge in [0.15, 0.2) is 0 Å². The highest BCUT2D eigenvalue weighted by molar-refractivity contribution is 8.00. The summed E-state index contributed by atoms with van der Waals surface area (Å²) >= 11 is -0.286. The first-order valence-corrected chi connectivity index (χ1v) is 11.7. The lowest BCUT2D eigenvalue weighted by atomic mass is 10.0. The summed E-state index contributed by atoms with van der Waals surface area (Å²) in [4.78, 5) is 49.2. The SMILES string of the molecule is CC1(C)C(=O)N(c2ccc(SC(F)(F)F)cc2)C(=O)N1Cc1ccncc1NC(=O)Nc1ccccn1. The molecule has 1 aromatic carbocycles. The van der Waals surface area contributed by atoms with Crippen molar-refractivity contribution in [3.05, 3.63) is 72.7 Å². The maximum atomic E-state index is 13.3. The number of imide groups is 1. The van der Waals surface area contributed by atoms with Gasteiger partial charge in [0, 0.05) is 17.3 Å².